The summed E-state index contributed by atoms with van der Waals surface area (Å²) >= 11 is 0. The Labute approximate surface area is 191 Å². The molecule has 0 spiro atoms. The van der Waals surface area contributed by atoms with Crippen LogP contribution in [0.25, 0.3) is 0 Å². The molecular formula is C26H25FN2O4. The smallest absolute Gasteiger partial charge is 0.263 e. The van der Waals surface area contributed by atoms with Gasteiger partial charge in [0.1, 0.15) is 17.3 Å². The lowest BCUT2D eigenvalue weighted by atomic mass is 10.1. The van der Waals surface area contributed by atoms with E-state index < -0.39 is 6.10 Å². The molecule has 0 bridgehead atoms. The van der Waals surface area contributed by atoms with Gasteiger partial charge in [0.05, 0.1) is 13.5 Å². The van der Waals surface area contributed by atoms with Gasteiger partial charge in [-0.15, -0.1) is 0 Å². The summed E-state index contributed by atoms with van der Waals surface area (Å²) in [5, 5.41) is 2.87. The molecule has 1 aliphatic heterocycles. The lowest BCUT2D eigenvalue weighted by Crippen LogP contribution is -2.37. The second kappa shape index (κ2) is 9.73. The minimum Gasteiger partial charge on any atom is -0.497 e. The number of hydrogen-bond acceptors (Lipinski definition) is 4. The number of ether oxygens (including phenoxy) is 2. The van der Waals surface area contributed by atoms with Crippen molar-refractivity contribution in [3.63, 3.8) is 0 Å². The Balaban J connectivity index is 1.49. The van der Waals surface area contributed by atoms with Crippen LogP contribution in [0.2, 0.25) is 0 Å². The van der Waals surface area contributed by atoms with E-state index in [0.717, 1.165) is 22.4 Å². The maximum absolute atomic E-state index is 13.1. The number of nitrogens with zero attached hydrogens (tertiary/aromatic N) is 1. The number of hydrogen-bond donors (Lipinski definition) is 1. The van der Waals surface area contributed by atoms with Gasteiger partial charge in [0.2, 0.25) is 5.91 Å². The number of halogens is 1. The SMILES string of the molecule is COc1ccc(CN2Cc3cc(NC(=O)Cc4ccc(F)cc4)ccc3O[C@H](C)C2=O)cc1. The van der Waals surface area contributed by atoms with Crippen molar-refractivity contribution in [3.05, 3.63) is 89.2 Å². The predicted octanol–water partition coefficient (Wildman–Crippen LogP) is 4.33. The van der Waals surface area contributed by atoms with E-state index in [1.54, 1.807) is 43.2 Å². The first-order valence-electron chi connectivity index (χ1n) is 10.7. The summed E-state index contributed by atoms with van der Waals surface area (Å²) in [5.41, 5.74) is 3.11. The molecule has 1 N–H and O–H groups in total. The Morgan fingerprint density at radius 2 is 1.79 bits per heavy atom. The summed E-state index contributed by atoms with van der Waals surface area (Å²) in [5.74, 6) is 0.709. The van der Waals surface area contributed by atoms with E-state index in [0.29, 0.717) is 24.5 Å². The van der Waals surface area contributed by atoms with Crippen LogP contribution in [-0.4, -0.2) is 29.9 Å². The molecule has 0 radical (unpaired) electrons. The van der Waals surface area contributed by atoms with Crippen molar-refractivity contribution in [2.45, 2.75) is 32.5 Å². The fourth-order valence-electron chi connectivity index (χ4n) is 3.76. The molecule has 0 aromatic heterocycles. The topological polar surface area (TPSA) is 67.9 Å². The number of nitrogens with one attached hydrogen (secondary N) is 1. The largest absolute Gasteiger partial charge is 0.497 e. The van der Waals surface area contributed by atoms with E-state index in [2.05, 4.69) is 5.32 Å². The maximum atomic E-state index is 13.1. The van der Waals surface area contributed by atoms with Gasteiger partial charge in [-0.05, 0) is 60.5 Å². The van der Waals surface area contributed by atoms with Crippen LogP contribution in [0.5, 0.6) is 11.5 Å². The second-order valence-corrected chi connectivity index (χ2v) is 7.98. The molecule has 0 unspecified atom stereocenters. The average Bonchev–Trinajstić information content (AvgIpc) is 2.92. The van der Waals surface area contributed by atoms with Gasteiger partial charge in [-0.3, -0.25) is 9.59 Å². The Hall–Kier alpha value is -3.87. The third-order valence-electron chi connectivity index (χ3n) is 5.48. The quantitative estimate of drug-likeness (QED) is 0.610. The van der Waals surface area contributed by atoms with Crippen LogP contribution in [0.1, 0.15) is 23.6 Å². The van der Waals surface area contributed by atoms with Gasteiger partial charge in [0.15, 0.2) is 6.10 Å². The molecule has 170 valence electrons. The number of anilines is 1. The van der Waals surface area contributed by atoms with Crippen molar-refractivity contribution in [2.75, 3.05) is 12.4 Å². The lowest BCUT2D eigenvalue weighted by Gasteiger charge is -2.22. The Bertz CT molecular complexity index is 1150. The first-order valence-corrected chi connectivity index (χ1v) is 10.7. The lowest BCUT2D eigenvalue weighted by molar-refractivity contribution is -0.138. The summed E-state index contributed by atoms with van der Waals surface area (Å²) in [6.45, 7) is 2.51. The zero-order chi connectivity index (χ0) is 23.4. The molecule has 1 atom stereocenters. The highest BCUT2D eigenvalue weighted by atomic mass is 19.1. The normalized spacial score (nSPS) is 15.3. The molecule has 2 amide bonds. The first kappa shape index (κ1) is 22.3. The second-order valence-electron chi connectivity index (χ2n) is 7.98. The Morgan fingerprint density at radius 3 is 2.48 bits per heavy atom. The number of rotatable bonds is 6. The third-order valence-corrected chi connectivity index (χ3v) is 5.48. The third kappa shape index (κ3) is 5.49. The summed E-state index contributed by atoms with van der Waals surface area (Å²) in [6.07, 6.45) is -0.490. The summed E-state index contributed by atoms with van der Waals surface area (Å²) in [4.78, 5) is 27.1. The summed E-state index contributed by atoms with van der Waals surface area (Å²) in [6, 6.07) is 18.8. The van der Waals surface area contributed by atoms with Crippen molar-refractivity contribution in [2.24, 2.45) is 0 Å². The predicted molar refractivity (Wildman–Crippen MR) is 123 cm³/mol. The fourth-order valence-corrected chi connectivity index (χ4v) is 3.76. The highest BCUT2D eigenvalue weighted by Crippen LogP contribution is 2.29. The van der Waals surface area contributed by atoms with Crippen LogP contribution < -0.4 is 14.8 Å². The zero-order valence-corrected chi connectivity index (χ0v) is 18.5. The van der Waals surface area contributed by atoms with Crippen LogP contribution in [-0.2, 0) is 29.1 Å². The highest BCUT2D eigenvalue weighted by molar-refractivity contribution is 5.92. The number of amides is 2. The van der Waals surface area contributed by atoms with Crippen molar-refractivity contribution in [1.29, 1.82) is 0 Å². The van der Waals surface area contributed by atoms with Gasteiger partial charge in [-0.2, -0.15) is 0 Å². The number of fused-ring (bicyclic) bond motifs is 1. The Kier molecular flexibility index (Phi) is 6.58. The minimum absolute atomic E-state index is 0.107. The zero-order valence-electron chi connectivity index (χ0n) is 18.5. The van der Waals surface area contributed by atoms with Crippen LogP contribution >= 0.6 is 0 Å². The van der Waals surface area contributed by atoms with E-state index in [4.69, 9.17) is 9.47 Å². The molecule has 7 heteroatoms. The molecule has 0 saturated carbocycles. The Morgan fingerprint density at radius 1 is 1.09 bits per heavy atom. The molecule has 1 heterocycles. The summed E-state index contributed by atoms with van der Waals surface area (Å²) in [7, 11) is 1.61. The van der Waals surface area contributed by atoms with Crippen LogP contribution in [0.15, 0.2) is 66.7 Å². The molecule has 3 aromatic rings. The van der Waals surface area contributed by atoms with E-state index in [1.165, 1.54) is 12.1 Å². The monoisotopic (exact) mass is 448 g/mol. The minimum atomic E-state index is -0.622. The van der Waals surface area contributed by atoms with E-state index in [9.17, 15) is 14.0 Å². The van der Waals surface area contributed by atoms with Gasteiger partial charge >= 0.3 is 0 Å². The first-order chi connectivity index (χ1) is 15.9. The molecule has 4 rings (SSSR count). The van der Waals surface area contributed by atoms with E-state index in [1.807, 2.05) is 30.3 Å². The van der Waals surface area contributed by atoms with Gasteiger partial charge in [0, 0.05) is 24.3 Å². The summed E-state index contributed by atoms with van der Waals surface area (Å²) < 4.78 is 24.2. The van der Waals surface area contributed by atoms with Crippen molar-refractivity contribution >= 4 is 17.5 Å². The molecule has 0 fully saturated rings. The number of methoxy groups -OCH3 is 1. The van der Waals surface area contributed by atoms with Gasteiger partial charge < -0.3 is 19.7 Å². The van der Waals surface area contributed by atoms with Crippen molar-refractivity contribution in [1.82, 2.24) is 4.90 Å². The highest BCUT2D eigenvalue weighted by Gasteiger charge is 2.28. The molecular weight excluding hydrogens is 423 g/mol. The standard InChI is InChI=1S/C26H25FN2O4/c1-17-26(31)29(15-19-5-10-23(32-2)11-6-19)16-20-14-22(9-12-24(20)33-17)28-25(30)13-18-3-7-21(27)8-4-18/h3-12,14,17H,13,15-16H2,1-2H3,(H,28,30)/t17-/m1/s1. The van der Waals surface area contributed by atoms with Crippen LogP contribution in [0, 0.1) is 5.82 Å². The van der Waals surface area contributed by atoms with Gasteiger partial charge in [0.25, 0.3) is 5.91 Å². The van der Waals surface area contributed by atoms with E-state index in [-0.39, 0.29) is 24.1 Å². The van der Waals surface area contributed by atoms with Gasteiger partial charge in [-0.25, -0.2) is 4.39 Å². The number of benzene rings is 3. The average molecular weight is 448 g/mol. The molecule has 6 nitrogen and oxygen atoms in total. The van der Waals surface area contributed by atoms with E-state index >= 15 is 0 Å². The molecule has 1 aliphatic rings. The van der Waals surface area contributed by atoms with Crippen LogP contribution in [0.3, 0.4) is 0 Å². The number of carbonyl (C=O) groups is 2. The molecule has 0 saturated heterocycles. The molecule has 0 aliphatic carbocycles. The maximum Gasteiger partial charge on any atom is 0.263 e. The van der Waals surface area contributed by atoms with Gasteiger partial charge in [-0.1, -0.05) is 24.3 Å². The number of carbonyl (C=O) groups excluding carboxylic acids is 2. The molecule has 33 heavy (non-hydrogen) atoms. The van der Waals surface area contributed by atoms with Crippen LogP contribution in [0.4, 0.5) is 10.1 Å². The molecule has 3 aromatic carbocycles. The van der Waals surface area contributed by atoms with Crippen molar-refractivity contribution < 1.29 is 23.5 Å². The van der Waals surface area contributed by atoms with Crippen molar-refractivity contribution in [3.8, 4) is 11.5 Å². The fraction of sp³-hybridized carbons (Fsp3) is 0.231.